The molecule has 0 saturated carbocycles. The summed E-state index contributed by atoms with van der Waals surface area (Å²) >= 11 is 5.90. The fraction of sp³-hybridized carbons (Fsp3) is 0.200. The second-order valence-corrected chi connectivity index (χ2v) is 5.12. The number of benzene rings is 1. The maximum atomic E-state index is 5.90. The van der Waals surface area contributed by atoms with Gasteiger partial charge in [-0.15, -0.1) is 0 Å². The van der Waals surface area contributed by atoms with E-state index in [1.165, 1.54) is 0 Å². The Morgan fingerprint density at radius 3 is 2.55 bits per heavy atom. The molecule has 0 spiro atoms. The maximum absolute atomic E-state index is 5.90. The summed E-state index contributed by atoms with van der Waals surface area (Å²) in [6.45, 7) is 4.42. The molecule has 2 heterocycles. The maximum Gasteiger partial charge on any atom is 0.216 e. The number of aryl methyl sites for hydroxylation is 2. The first-order chi connectivity index (χ1) is 9.61. The second-order valence-electron chi connectivity index (χ2n) is 4.68. The van der Waals surface area contributed by atoms with Crippen molar-refractivity contribution in [3.05, 3.63) is 58.8 Å². The van der Waals surface area contributed by atoms with Crippen molar-refractivity contribution in [1.82, 2.24) is 14.8 Å². The number of nitrogens with zero attached hydrogens (tertiary/aromatic N) is 3. The van der Waals surface area contributed by atoms with Gasteiger partial charge in [0.1, 0.15) is 6.54 Å². The Balaban J connectivity index is 1.89. The van der Waals surface area contributed by atoms with Crippen molar-refractivity contribution < 1.29 is 4.42 Å². The van der Waals surface area contributed by atoms with Gasteiger partial charge in [0.05, 0.1) is 11.4 Å². The zero-order valence-corrected chi connectivity index (χ0v) is 12.1. The van der Waals surface area contributed by atoms with Crippen LogP contribution in [0.1, 0.15) is 17.3 Å². The Morgan fingerprint density at radius 1 is 1.15 bits per heavy atom. The zero-order valence-electron chi connectivity index (χ0n) is 11.3. The summed E-state index contributed by atoms with van der Waals surface area (Å²) < 4.78 is 7.65. The third-order valence-corrected chi connectivity index (χ3v) is 3.27. The van der Waals surface area contributed by atoms with Gasteiger partial charge in [-0.1, -0.05) is 11.6 Å². The van der Waals surface area contributed by atoms with Crippen molar-refractivity contribution in [3.8, 4) is 11.3 Å². The molecule has 0 bridgehead atoms. The molecule has 0 amide bonds. The third kappa shape index (κ3) is 2.60. The van der Waals surface area contributed by atoms with Crippen LogP contribution >= 0.6 is 11.6 Å². The van der Waals surface area contributed by atoms with Gasteiger partial charge in [0.25, 0.3) is 0 Å². The average Bonchev–Trinajstić information content (AvgIpc) is 2.97. The molecule has 4 nitrogen and oxygen atoms in total. The third-order valence-electron chi connectivity index (χ3n) is 3.02. The predicted octanol–water partition coefficient (Wildman–Crippen LogP) is 3.86. The largest absolute Gasteiger partial charge is 0.438 e. The first kappa shape index (κ1) is 12.9. The van der Waals surface area contributed by atoms with Gasteiger partial charge in [-0.25, -0.2) is 4.98 Å². The number of rotatable bonds is 3. The van der Waals surface area contributed by atoms with Crippen LogP contribution in [-0.2, 0) is 6.54 Å². The highest BCUT2D eigenvalue weighted by atomic mass is 35.5. The van der Waals surface area contributed by atoms with Crippen LogP contribution in [0.3, 0.4) is 0 Å². The number of hydrogen-bond donors (Lipinski definition) is 0. The Bertz CT molecular complexity index is 728. The van der Waals surface area contributed by atoms with Gasteiger partial charge in [-0.3, -0.25) is 4.68 Å². The molecule has 0 fully saturated rings. The highest BCUT2D eigenvalue weighted by Gasteiger charge is 2.12. The van der Waals surface area contributed by atoms with Crippen molar-refractivity contribution in [2.45, 2.75) is 20.4 Å². The van der Waals surface area contributed by atoms with Gasteiger partial charge >= 0.3 is 0 Å². The van der Waals surface area contributed by atoms with Crippen LogP contribution in [0.2, 0.25) is 5.02 Å². The molecule has 5 heteroatoms. The van der Waals surface area contributed by atoms with Gasteiger partial charge in [0.15, 0.2) is 5.76 Å². The van der Waals surface area contributed by atoms with E-state index in [1.807, 2.05) is 55.1 Å². The summed E-state index contributed by atoms with van der Waals surface area (Å²) in [4.78, 5) is 4.45. The normalized spacial score (nSPS) is 10.9. The van der Waals surface area contributed by atoms with Crippen LogP contribution < -0.4 is 0 Å². The molecule has 0 N–H and O–H groups in total. The van der Waals surface area contributed by atoms with E-state index in [-0.39, 0.29) is 0 Å². The van der Waals surface area contributed by atoms with Gasteiger partial charge < -0.3 is 4.42 Å². The summed E-state index contributed by atoms with van der Waals surface area (Å²) in [5, 5.41) is 5.04. The van der Waals surface area contributed by atoms with E-state index < -0.39 is 0 Å². The Morgan fingerprint density at radius 2 is 1.90 bits per heavy atom. The summed E-state index contributed by atoms with van der Waals surface area (Å²) in [5.41, 5.74) is 2.82. The molecule has 0 unspecified atom stereocenters. The number of hydrogen-bond acceptors (Lipinski definition) is 3. The summed E-state index contributed by atoms with van der Waals surface area (Å²) in [5.74, 6) is 1.43. The van der Waals surface area contributed by atoms with Gasteiger partial charge in [-0.2, -0.15) is 5.10 Å². The van der Waals surface area contributed by atoms with E-state index in [2.05, 4.69) is 10.1 Å². The molecule has 0 aliphatic heterocycles. The smallest absolute Gasteiger partial charge is 0.216 e. The molecule has 0 radical (unpaired) electrons. The molecule has 0 aliphatic carbocycles. The first-order valence-electron chi connectivity index (χ1n) is 6.34. The van der Waals surface area contributed by atoms with Crippen LogP contribution in [0.5, 0.6) is 0 Å². The zero-order chi connectivity index (χ0) is 14.1. The topological polar surface area (TPSA) is 43.9 Å². The molecule has 0 aliphatic rings. The summed E-state index contributed by atoms with van der Waals surface area (Å²) in [6.07, 6.45) is 1.91. The van der Waals surface area contributed by atoms with Crippen LogP contribution in [0.25, 0.3) is 11.3 Å². The van der Waals surface area contributed by atoms with Crippen molar-refractivity contribution in [3.63, 3.8) is 0 Å². The molecule has 0 saturated heterocycles. The fourth-order valence-electron chi connectivity index (χ4n) is 2.08. The lowest BCUT2D eigenvalue weighted by Crippen LogP contribution is -2.00. The highest BCUT2D eigenvalue weighted by molar-refractivity contribution is 6.30. The molecular weight excluding hydrogens is 274 g/mol. The van der Waals surface area contributed by atoms with Crippen molar-refractivity contribution in [1.29, 1.82) is 0 Å². The predicted molar refractivity (Wildman–Crippen MR) is 77.8 cm³/mol. The molecule has 3 aromatic rings. The molecule has 2 aromatic heterocycles. The van der Waals surface area contributed by atoms with Crippen molar-refractivity contribution in [2.75, 3.05) is 0 Å². The molecule has 0 atom stereocenters. The average molecular weight is 288 g/mol. The molecular formula is C15H14ClN3O. The van der Waals surface area contributed by atoms with Gasteiger partial charge in [0.2, 0.25) is 5.89 Å². The fourth-order valence-corrected chi connectivity index (χ4v) is 2.20. The van der Waals surface area contributed by atoms with Crippen LogP contribution in [0.4, 0.5) is 0 Å². The van der Waals surface area contributed by atoms with Gasteiger partial charge in [-0.05, 0) is 44.2 Å². The molecule has 3 rings (SSSR count). The highest BCUT2D eigenvalue weighted by Crippen LogP contribution is 2.26. The quantitative estimate of drug-likeness (QED) is 0.735. The van der Waals surface area contributed by atoms with E-state index in [1.54, 1.807) is 0 Å². The molecule has 20 heavy (non-hydrogen) atoms. The second kappa shape index (κ2) is 5.13. The molecule has 1 aromatic carbocycles. The van der Waals surface area contributed by atoms with E-state index in [0.717, 1.165) is 22.7 Å². The van der Waals surface area contributed by atoms with Crippen molar-refractivity contribution in [2.24, 2.45) is 0 Å². The van der Waals surface area contributed by atoms with Crippen LogP contribution in [0, 0.1) is 13.8 Å². The minimum atomic E-state index is 0.530. The lowest BCUT2D eigenvalue weighted by Gasteiger charge is -1.98. The van der Waals surface area contributed by atoms with E-state index >= 15 is 0 Å². The Kier molecular flexibility index (Phi) is 3.32. The van der Waals surface area contributed by atoms with Gasteiger partial charge in [0, 0.05) is 16.8 Å². The minimum Gasteiger partial charge on any atom is -0.438 e. The standard InChI is InChI=1S/C15H14ClN3O/c1-10-7-8-19(18-10)9-14-17-11(2)15(20-14)12-3-5-13(16)6-4-12/h3-8H,9H2,1-2H3. The number of oxazole rings is 1. The Labute approximate surface area is 122 Å². The SMILES string of the molecule is Cc1ccn(Cc2nc(C)c(-c3ccc(Cl)cc3)o2)n1. The molecule has 102 valence electrons. The van der Waals surface area contributed by atoms with E-state index in [0.29, 0.717) is 17.5 Å². The lowest BCUT2D eigenvalue weighted by atomic mass is 10.1. The van der Waals surface area contributed by atoms with Crippen LogP contribution in [-0.4, -0.2) is 14.8 Å². The monoisotopic (exact) mass is 287 g/mol. The van der Waals surface area contributed by atoms with E-state index in [9.17, 15) is 0 Å². The first-order valence-corrected chi connectivity index (χ1v) is 6.72. The van der Waals surface area contributed by atoms with Crippen molar-refractivity contribution >= 4 is 11.6 Å². The minimum absolute atomic E-state index is 0.530. The van der Waals surface area contributed by atoms with E-state index in [4.69, 9.17) is 16.0 Å². The lowest BCUT2D eigenvalue weighted by molar-refractivity contribution is 0.473. The number of halogens is 1. The summed E-state index contributed by atoms with van der Waals surface area (Å²) in [6, 6.07) is 9.50. The summed E-state index contributed by atoms with van der Waals surface area (Å²) in [7, 11) is 0. The Hall–Kier alpha value is -2.07. The number of aromatic nitrogens is 3. The van der Waals surface area contributed by atoms with Crippen LogP contribution in [0.15, 0.2) is 40.9 Å².